The van der Waals surface area contributed by atoms with Crippen LogP contribution >= 0.6 is 12.4 Å². The van der Waals surface area contributed by atoms with Crippen LogP contribution in [-0.2, 0) is 0 Å². The minimum absolute atomic E-state index is 0. The molecule has 1 aromatic carbocycles. The molecule has 0 radical (unpaired) electrons. The molecule has 0 saturated carbocycles. The number of rotatable bonds is 4. The van der Waals surface area contributed by atoms with Crippen molar-refractivity contribution in [1.82, 2.24) is 15.5 Å². The minimum Gasteiger partial charge on any atom is -0.351 e. The summed E-state index contributed by atoms with van der Waals surface area (Å²) in [4.78, 5) is 14.0. The molecule has 19 heavy (non-hydrogen) atoms. The van der Waals surface area contributed by atoms with Crippen molar-refractivity contribution in [2.75, 3.05) is 39.3 Å². The van der Waals surface area contributed by atoms with Crippen molar-refractivity contribution in [3.05, 3.63) is 35.6 Å². The van der Waals surface area contributed by atoms with Gasteiger partial charge in [0.25, 0.3) is 5.91 Å². The van der Waals surface area contributed by atoms with Gasteiger partial charge in [0, 0.05) is 44.8 Å². The minimum atomic E-state index is -0.384. The molecule has 6 heteroatoms. The van der Waals surface area contributed by atoms with Crippen LogP contribution in [-0.4, -0.2) is 50.1 Å². The summed E-state index contributed by atoms with van der Waals surface area (Å²) in [5.41, 5.74) is 0.371. The Balaban J connectivity index is 0.00000180. The van der Waals surface area contributed by atoms with Crippen LogP contribution in [0.3, 0.4) is 0 Å². The number of hydrogen-bond acceptors (Lipinski definition) is 3. The fraction of sp³-hybridized carbons (Fsp3) is 0.462. The van der Waals surface area contributed by atoms with Crippen molar-refractivity contribution in [3.8, 4) is 0 Å². The number of carbonyl (C=O) groups is 1. The van der Waals surface area contributed by atoms with Crippen molar-refractivity contribution >= 4 is 18.3 Å². The summed E-state index contributed by atoms with van der Waals surface area (Å²) in [6.07, 6.45) is 0. The lowest BCUT2D eigenvalue weighted by molar-refractivity contribution is 0.0947. The van der Waals surface area contributed by atoms with E-state index in [1.807, 2.05) is 0 Å². The molecular formula is C13H19ClFN3O. The quantitative estimate of drug-likeness (QED) is 0.864. The summed E-state index contributed by atoms with van der Waals surface area (Å²) in [6.45, 7) is 5.44. The molecule has 0 spiro atoms. The molecule has 1 aliphatic heterocycles. The van der Waals surface area contributed by atoms with Gasteiger partial charge in [-0.25, -0.2) is 4.39 Å². The largest absolute Gasteiger partial charge is 0.351 e. The summed E-state index contributed by atoms with van der Waals surface area (Å²) in [6, 6.07) is 5.74. The van der Waals surface area contributed by atoms with Crippen LogP contribution in [0.15, 0.2) is 24.3 Å². The first-order valence-corrected chi connectivity index (χ1v) is 6.22. The summed E-state index contributed by atoms with van der Waals surface area (Å²) < 4.78 is 12.9. The first-order valence-electron chi connectivity index (χ1n) is 6.22. The number of hydrogen-bond donors (Lipinski definition) is 2. The van der Waals surface area contributed by atoms with E-state index in [9.17, 15) is 9.18 Å². The smallest absolute Gasteiger partial charge is 0.251 e. The molecule has 0 atom stereocenters. The Hall–Kier alpha value is -1.17. The molecule has 1 aromatic rings. The van der Waals surface area contributed by atoms with E-state index >= 15 is 0 Å². The summed E-state index contributed by atoms with van der Waals surface area (Å²) in [5, 5.41) is 6.08. The van der Waals surface area contributed by atoms with Gasteiger partial charge in [-0.1, -0.05) is 6.07 Å². The highest BCUT2D eigenvalue weighted by Crippen LogP contribution is 2.02. The standard InChI is InChI=1S/C13H18FN3O.ClH/c14-12-3-1-2-11(10-12)13(18)16-6-9-17-7-4-15-5-8-17;/h1-3,10,15H,4-9H2,(H,16,18);1H. The molecule has 2 rings (SSSR count). The summed E-state index contributed by atoms with van der Waals surface area (Å²) in [7, 11) is 0. The number of piperazine rings is 1. The Labute approximate surface area is 118 Å². The molecule has 1 amide bonds. The van der Waals surface area contributed by atoms with Crippen molar-refractivity contribution in [1.29, 1.82) is 0 Å². The first-order chi connectivity index (χ1) is 8.75. The van der Waals surface area contributed by atoms with Gasteiger partial charge < -0.3 is 10.6 Å². The maximum atomic E-state index is 12.9. The van der Waals surface area contributed by atoms with Crippen molar-refractivity contribution in [2.24, 2.45) is 0 Å². The Morgan fingerprint density at radius 1 is 1.37 bits per heavy atom. The molecule has 0 bridgehead atoms. The average Bonchev–Trinajstić information content (AvgIpc) is 2.40. The molecule has 1 saturated heterocycles. The topological polar surface area (TPSA) is 44.4 Å². The van der Waals surface area contributed by atoms with Crippen molar-refractivity contribution in [3.63, 3.8) is 0 Å². The Bertz CT molecular complexity index is 411. The zero-order valence-electron chi connectivity index (χ0n) is 10.7. The van der Waals surface area contributed by atoms with Crippen LogP contribution in [0.25, 0.3) is 0 Å². The number of halogens is 2. The number of nitrogens with one attached hydrogen (secondary N) is 2. The van der Waals surface area contributed by atoms with E-state index < -0.39 is 0 Å². The van der Waals surface area contributed by atoms with Crippen LogP contribution in [0.4, 0.5) is 4.39 Å². The van der Waals surface area contributed by atoms with Crippen molar-refractivity contribution in [2.45, 2.75) is 0 Å². The number of benzene rings is 1. The van der Waals surface area contributed by atoms with Crippen LogP contribution in [0.2, 0.25) is 0 Å². The van der Waals surface area contributed by atoms with E-state index in [1.54, 1.807) is 12.1 Å². The second kappa shape index (κ2) is 8.09. The van der Waals surface area contributed by atoms with Gasteiger partial charge in [0.05, 0.1) is 0 Å². The Kier molecular flexibility index (Phi) is 6.77. The normalized spacial score (nSPS) is 15.6. The molecule has 1 aliphatic rings. The van der Waals surface area contributed by atoms with E-state index in [2.05, 4.69) is 15.5 Å². The van der Waals surface area contributed by atoms with Crippen LogP contribution < -0.4 is 10.6 Å². The van der Waals surface area contributed by atoms with Gasteiger partial charge in [-0.15, -0.1) is 12.4 Å². The lowest BCUT2D eigenvalue weighted by atomic mass is 10.2. The fourth-order valence-corrected chi connectivity index (χ4v) is 1.99. The average molecular weight is 288 g/mol. The highest BCUT2D eigenvalue weighted by atomic mass is 35.5. The Morgan fingerprint density at radius 2 is 2.11 bits per heavy atom. The molecule has 0 aromatic heterocycles. The van der Waals surface area contributed by atoms with Gasteiger partial charge in [0.15, 0.2) is 0 Å². The van der Waals surface area contributed by atoms with Gasteiger partial charge in [-0.3, -0.25) is 9.69 Å². The fourth-order valence-electron chi connectivity index (χ4n) is 1.99. The third kappa shape index (κ3) is 5.14. The summed E-state index contributed by atoms with van der Waals surface area (Å²) in [5.74, 6) is -0.602. The molecule has 0 unspecified atom stereocenters. The van der Waals surface area contributed by atoms with E-state index in [0.29, 0.717) is 12.1 Å². The molecule has 1 fully saturated rings. The molecular weight excluding hydrogens is 269 g/mol. The highest BCUT2D eigenvalue weighted by Gasteiger charge is 2.10. The third-order valence-electron chi connectivity index (χ3n) is 3.01. The van der Waals surface area contributed by atoms with E-state index in [1.165, 1.54) is 12.1 Å². The lowest BCUT2D eigenvalue weighted by Crippen LogP contribution is -2.46. The van der Waals surface area contributed by atoms with Crippen LogP contribution in [0.5, 0.6) is 0 Å². The lowest BCUT2D eigenvalue weighted by Gasteiger charge is -2.27. The monoisotopic (exact) mass is 287 g/mol. The van der Waals surface area contributed by atoms with Gasteiger partial charge in [0.2, 0.25) is 0 Å². The van der Waals surface area contributed by atoms with E-state index in [4.69, 9.17) is 0 Å². The van der Waals surface area contributed by atoms with Crippen LogP contribution in [0.1, 0.15) is 10.4 Å². The predicted octanol–water partition coefficient (Wildman–Crippen LogP) is 0.882. The second-order valence-electron chi connectivity index (χ2n) is 4.36. The van der Waals surface area contributed by atoms with Crippen LogP contribution in [0, 0.1) is 5.82 Å². The molecule has 0 aliphatic carbocycles. The molecule has 4 nitrogen and oxygen atoms in total. The summed E-state index contributed by atoms with van der Waals surface area (Å²) >= 11 is 0. The molecule has 106 valence electrons. The van der Waals surface area contributed by atoms with E-state index in [-0.39, 0.29) is 24.1 Å². The van der Waals surface area contributed by atoms with Crippen molar-refractivity contribution < 1.29 is 9.18 Å². The third-order valence-corrected chi connectivity index (χ3v) is 3.01. The maximum absolute atomic E-state index is 12.9. The number of carbonyl (C=O) groups excluding carboxylic acids is 1. The van der Waals surface area contributed by atoms with Gasteiger partial charge in [0.1, 0.15) is 5.82 Å². The Morgan fingerprint density at radius 3 is 2.79 bits per heavy atom. The van der Waals surface area contributed by atoms with Gasteiger partial charge in [-0.2, -0.15) is 0 Å². The molecule has 1 heterocycles. The zero-order chi connectivity index (χ0) is 12.8. The zero-order valence-corrected chi connectivity index (χ0v) is 11.5. The molecule has 2 N–H and O–H groups in total. The SMILES string of the molecule is Cl.O=C(NCCN1CCNCC1)c1cccc(F)c1. The van der Waals surface area contributed by atoms with E-state index in [0.717, 1.165) is 32.7 Å². The van der Waals surface area contributed by atoms with Gasteiger partial charge >= 0.3 is 0 Å². The maximum Gasteiger partial charge on any atom is 0.251 e. The number of amides is 1. The predicted molar refractivity (Wildman–Crippen MR) is 75.3 cm³/mol. The first kappa shape index (κ1) is 15.9. The highest BCUT2D eigenvalue weighted by molar-refractivity contribution is 5.94. The van der Waals surface area contributed by atoms with Gasteiger partial charge in [-0.05, 0) is 18.2 Å². The number of nitrogens with zero attached hydrogens (tertiary/aromatic N) is 1. The second-order valence-corrected chi connectivity index (χ2v) is 4.36.